The number of benzene rings is 1. The van der Waals surface area contributed by atoms with Gasteiger partial charge in [0.25, 0.3) is 5.69 Å². The maximum Gasteiger partial charge on any atom is 0.283 e. The number of halogens is 1. The van der Waals surface area contributed by atoms with E-state index in [1.807, 2.05) is 0 Å². The number of nitro groups is 1. The molecule has 0 aliphatic heterocycles. The zero-order valence-electron chi connectivity index (χ0n) is 9.21. The van der Waals surface area contributed by atoms with E-state index < -0.39 is 4.92 Å². The zero-order chi connectivity index (χ0) is 13.0. The van der Waals surface area contributed by atoms with Crippen LogP contribution in [-0.2, 0) is 6.54 Å². The summed E-state index contributed by atoms with van der Waals surface area (Å²) in [7, 11) is 0. The Morgan fingerprint density at radius 3 is 2.67 bits per heavy atom. The smallest absolute Gasteiger partial charge is 0.283 e. The monoisotopic (exact) mass is 308 g/mol. The van der Waals surface area contributed by atoms with Crippen LogP contribution in [0.1, 0.15) is 5.56 Å². The molecule has 0 radical (unpaired) electrons. The molecule has 0 aliphatic carbocycles. The SMILES string of the molecule is O=[N+]([O-])c1ccc(NCc2cncnc2)cc1Br. The molecule has 0 unspecified atom stereocenters. The molecule has 1 aromatic carbocycles. The van der Waals surface area contributed by atoms with Crippen molar-refractivity contribution >= 4 is 27.3 Å². The minimum absolute atomic E-state index is 0.0450. The number of nitro benzene ring substituents is 1. The summed E-state index contributed by atoms with van der Waals surface area (Å²) in [5, 5.41) is 13.8. The Morgan fingerprint density at radius 2 is 2.06 bits per heavy atom. The first-order valence-corrected chi connectivity index (χ1v) is 5.88. The van der Waals surface area contributed by atoms with Gasteiger partial charge in [0.1, 0.15) is 6.33 Å². The summed E-state index contributed by atoms with van der Waals surface area (Å²) in [4.78, 5) is 18.0. The lowest BCUT2D eigenvalue weighted by molar-refractivity contribution is -0.385. The highest BCUT2D eigenvalue weighted by atomic mass is 79.9. The third-order valence-corrected chi connectivity index (χ3v) is 2.89. The first kappa shape index (κ1) is 12.4. The van der Waals surface area contributed by atoms with Gasteiger partial charge >= 0.3 is 0 Å². The van der Waals surface area contributed by atoms with Crippen molar-refractivity contribution < 1.29 is 4.92 Å². The van der Waals surface area contributed by atoms with E-state index in [2.05, 4.69) is 31.2 Å². The molecule has 0 aliphatic rings. The highest BCUT2D eigenvalue weighted by Gasteiger charge is 2.11. The molecule has 1 N–H and O–H groups in total. The largest absolute Gasteiger partial charge is 0.381 e. The molecule has 1 heterocycles. The molecule has 0 atom stereocenters. The summed E-state index contributed by atoms with van der Waals surface area (Å²) in [5.74, 6) is 0. The average molecular weight is 309 g/mol. The summed E-state index contributed by atoms with van der Waals surface area (Å²) in [6.45, 7) is 0.561. The van der Waals surface area contributed by atoms with Gasteiger partial charge in [-0.2, -0.15) is 0 Å². The van der Waals surface area contributed by atoms with Crippen molar-refractivity contribution in [3.63, 3.8) is 0 Å². The van der Waals surface area contributed by atoms with Gasteiger partial charge in [-0.1, -0.05) is 0 Å². The average Bonchev–Trinajstić information content (AvgIpc) is 2.37. The van der Waals surface area contributed by atoms with E-state index in [4.69, 9.17) is 0 Å². The number of anilines is 1. The molecule has 7 heteroatoms. The summed E-state index contributed by atoms with van der Waals surface area (Å²) < 4.78 is 0.446. The first-order chi connectivity index (χ1) is 8.66. The molecule has 2 rings (SSSR count). The van der Waals surface area contributed by atoms with Gasteiger partial charge in [-0.05, 0) is 28.1 Å². The summed E-state index contributed by atoms with van der Waals surface area (Å²) >= 11 is 3.17. The Morgan fingerprint density at radius 1 is 1.33 bits per heavy atom. The van der Waals surface area contributed by atoms with Gasteiger partial charge in [0.15, 0.2) is 0 Å². The standard InChI is InChI=1S/C11H9BrN4O2/c12-10-3-9(1-2-11(10)16(17)18)15-6-8-4-13-7-14-5-8/h1-5,7,15H,6H2. The number of hydrogen-bond donors (Lipinski definition) is 1. The van der Waals surface area contributed by atoms with Gasteiger partial charge in [0, 0.05) is 36.3 Å². The van der Waals surface area contributed by atoms with E-state index in [-0.39, 0.29) is 5.69 Å². The van der Waals surface area contributed by atoms with Crippen LogP contribution in [0.15, 0.2) is 41.4 Å². The second-order valence-electron chi connectivity index (χ2n) is 3.52. The highest BCUT2D eigenvalue weighted by molar-refractivity contribution is 9.10. The third kappa shape index (κ3) is 3.01. The quantitative estimate of drug-likeness (QED) is 0.694. The van der Waals surface area contributed by atoms with E-state index in [0.29, 0.717) is 11.0 Å². The van der Waals surface area contributed by atoms with Crippen molar-refractivity contribution in [1.82, 2.24) is 9.97 Å². The molecule has 0 saturated heterocycles. The van der Waals surface area contributed by atoms with Crippen molar-refractivity contribution in [2.75, 3.05) is 5.32 Å². The van der Waals surface area contributed by atoms with E-state index in [9.17, 15) is 10.1 Å². The fourth-order valence-corrected chi connectivity index (χ4v) is 1.91. The number of nitrogens with one attached hydrogen (secondary N) is 1. The summed E-state index contributed by atoms with van der Waals surface area (Å²) in [6.07, 6.45) is 4.88. The fraction of sp³-hybridized carbons (Fsp3) is 0.0909. The zero-order valence-corrected chi connectivity index (χ0v) is 10.8. The van der Waals surface area contributed by atoms with Crippen molar-refractivity contribution in [1.29, 1.82) is 0 Å². The van der Waals surface area contributed by atoms with Crippen LogP contribution in [0.5, 0.6) is 0 Å². The van der Waals surface area contributed by atoms with Gasteiger partial charge in [-0.25, -0.2) is 9.97 Å². The lowest BCUT2D eigenvalue weighted by atomic mass is 10.2. The van der Waals surface area contributed by atoms with Gasteiger partial charge in [0.2, 0.25) is 0 Å². The number of rotatable bonds is 4. The Kier molecular flexibility index (Phi) is 3.83. The lowest BCUT2D eigenvalue weighted by Gasteiger charge is -2.06. The molecule has 92 valence electrons. The molecule has 0 spiro atoms. The molecular weight excluding hydrogens is 300 g/mol. The van der Waals surface area contributed by atoms with Crippen LogP contribution in [0.25, 0.3) is 0 Å². The maximum absolute atomic E-state index is 10.7. The van der Waals surface area contributed by atoms with E-state index >= 15 is 0 Å². The topological polar surface area (TPSA) is 81.0 Å². The molecule has 18 heavy (non-hydrogen) atoms. The molecule has 6 nitrogen and oxygen atoms in total. The lowest BCUT2D eigenvalue weighted by Crippen LogP contribution is -2.00. The van der Waals surface area contributed by atoms with Crippen LogP contribution in [-0.4, -0.2) is 14.9 Å². The predicted octanol–water partition coefficient (Wildman–Crippen LogP) is 2.76. The van der Waals surface area contributed by atoms with Crippen LogP contribution in [0.2, 0.25) is 0 Å². The molecule has 1 aromatic heterocycles. The molecule has 0 bridgehead atoms. The Balaban J connectivity index is 2.07. The highest BCUT2D eigenvalue weighted by Crippen LogP contribution is 2.27. The molecule has 0 fully saturated rings. The molecule has 2 aromatic rings. The Hall–Kier alpha value is -2.02. The summed E-state index contributed by atoms with van der Waals surface area (Å²) in [5.41, 5.74) is 1.77. The Bertz CT molecular complexity index is 562. The third-order valence-electron chi connectivity index (χ3n) is 2.26. The van der Waals surface area contributed by atoms with E-state index in [1.54, 1.807) is 24.5 Å². The van der Waals surface area contributed by atoms with Crippen LogP contribution in [0.4, 0.5) is 11.4 Å². The second-order valence-corrected chi connectivity index (χ2v) is 4.38. The maximum atomic E-state index is 10.7. The minimum Gasteiger partial charge on any atom is -0.381 e. The Labute approximate surface area is 111 Å². The molecule has 0 amide bonds. The van der Waals surface area contributed by atoms with Crippen molar-refractivity contribution in [2.24, 2.45) is 0 Å². The first-order valence-electron chi connectivity index (χ1n) is 5.08. The van der Waals surface area contributed by atoms with Crippen LogP contribution in [0, 0.1) is 10.1 Å². The second kappa shape index (κ2) is 5.54. The fourth-order valence-electron chi connectivity index (χ4n) is 1.39. The normalized spacial score (nSPS) is 10.1. The number of aromatic nitrogens is 2. The number of hydrogen-bond acceptors (Lipinski definition) is 5. The van der Waals surface area contributed by atoms with Crippen molar-refractivity contribution in [2.45, 2.75) is 6.54 Å². The van der Waals surface area contributed by atoms with Gasteiger partial charge in [-0.3, -0.25) is 10.1 Å². The van der Waals surface area contributed by atoms with Gasteiger partial charge < -0.3 is 5.32 Å². The number of nitrogens with zero attached hydrogens (tertiary/aromatic N) is 3. The molecule has 0 saturated carbocycles. The van der Waals surface area contributed by atoms with Gasteiger partial charge in [-0.15, -0.1) is 0 Å². The minimum atomic E-state index is -0.432. The van der Waals surface area contributed by atoms with Crippen LogP contribution >= 0.6 is 15.9 Å². The van der Waals surface area contributed by atoms with Crippen molar-refractivity contribution in [3.05, 3.63) is 57.1 Å². The van der Waals surface area contributed by atoms with Crippen molar-refractivity contribution in [3.8, 4) is 0 Å². The van der Waals surface area contributed by atoms with Crippen LogP contribution in [0.3, 0.4) is 0 Å². The van der Waals surface area contributed by atoms with Crippen LogP contribution < -0.4 is 5.32 Å². The van der Waals surface area contributed by atoms with E-state index in [0.717, 1.165) is 11.3 Å². The summed E-state index contributed by atoms with van der Waals surface area (Å²) in [6, 6.07) is 4.78. The van der Waals surface area contributed by atoms with Gasteiger partial charge in [0.05, 0.1) is 9.40 Å². The molecular formula is C11H9BrN4O2. The van der Waals surface area contributed by atoms with E-state index in [1.165, 1.54) is 12.4 Å². The predicted molar refractivity (Wildman–Crippen MR) is 70.2 cm³/mol.